The van der Waals surface area contributed by atoms with Gasteiger partial charge in [0.05, 0.1) is 17.7 Å². The summed E-state index contributed by atoms with van der Waals surface area (Å²) in [6.45, 7) is 1.42. The lowest BCUT2D eigenvalue weighted by Gasteiger charge is -2.25. The second kappa shape index (κ2) is 4.45. The quantitative estimate of drug-likeness (QED) is 0.746. The Bertz CT molecular complexity index is 756. The second-order valence-electron chi connectivity index (χ2n) is 4.97. The summed E-state index contributed by atoms with van der Waals surface area (Å²) in [6, 6.07) is 9.88. The van der Waals surface area contributed by atoms with E-state index < -0.39 is 0 Å². The standard InChI is InChI=1S/C15H13N3OS/c19-15(13-7-10-3-1-2-4-11(10)17-13)18-6-5-12-14(8-18)20-9-16-12/h1-4,7,9,17H,5-6,8H2. The summed E-state index contributed by atoms with van der Waals surface area (Å²) in [5, 5.41) is 1.08. The molecule has 3 aromatic rings. The van der Waals surface area contributed by atoms with E-state index in [0.717, 1.165) is 29.6 Å². The van der Waals surface area contributed by atoms with Crippen LogP contribution in [0, 0.1) is 0 Å². The SMILES string of the molecule is O=C(c1cc2ccccc2[nH]1)N1CCc2ncsc2C1. The molecule has 0 atom stereocenters. The van der Waals surface area contributed by atoms with Gasteiger partial charge in [0.25, 0.3) is 5.91 Å². The van der Waals surface area contributed by atoms with Gasteiger partial charge in [0.2, 0.25) is 0 Å². The number of rotatable bonds is 1. The first-order valence-corrected chi connectivity index (χ1v) is 7.47. The molecule has 0 bridgehead atoms. The highest BCUT2D eigenvalue weighted by molar-refractivity contribution is 7.09. The number of aromatic amines is 1. The Labute approximate surface area is 120 Å². The molecule has 1 amide bonds. The van der Waals surface area contributed by atoms with E-state index in [-0.39, 0.29) is 5.91 Å². The molecule has 4 rings (SSSR count). The van der Waals surface area contributed by atoms with E-state index >= 15 is 0 Å². The van der Waals surface area contributed by atoms with Gasteiger partial charge in [-0.25, -0.2) is 4.98 Å². The van der Waals surface area contributed by atoms with Crippen molar-refractivity contribution in [3.05, 3.63) is 52.1 Å². The molecule has 0 saturated heterocycles. The van der Waals surface area contributed by atoms with Gasteiger partial charge in [0, 0.05) is 28.7 Å². The van der Waals surface area contributed by atoms with Crippen LogP contribution in [-0.4, -0.2) is 27.3 Å². The first-order valence-electron chi connectivity index (χ1n) is 6.59. The van der Waals surface area contributed by atoms with Crippen LogP contribution in [0.4, 0.5) is 0 Å². The summed E-state index contributed by atoms with van der Waals surface area (Å²) < 4.78 is 0. The average Bonchev–Trinajstić information content (AvgIpc) is 3.11. The van der Waals surface area contributed by atoms with Crippen LogP contribution in [0.3, 0.4) is 0 Å². The van der Waals surface area contributed by atoms with Crippen molar-refractivity contribution in [2.24, 2.45) is 0 Å². The van der Waals surface area contributed by atoms with Gasteiger partial charge in [-0.2, -0.15) is 0 Å². The molecular formula is C15H13N3OS. The molecule has 1 aliphatic rings. The van der Waals surface area contributed by atoms with Gasteiger partial charge < -0.3 is 9.88 Å². The summed E-state index contributed by atoms with van der Waals surface area (Å²) in [5.41, 5.74) is 4.68. The predicted molar refractivity (Wildman–Crippen MR) is 78.9 cm³/mol. The zero-order valence-corrected chi connectivity index (χ0v) is 11.6. The number of carbonyl (C=O) groups excluding carboxylic acids is 1. The zero-order chi connectivity index (χ0) is 13.5. The fourth-order valence-corrected chi connectivity index (χ4v) is 3.48. The Morgan fingerprint density at radius 2 is 2.25 bits per heavy atom. The number of thiazole rings is 1. The highest BCUT2D eigenvalue weighted by Gasteiger charge is 2.24. The van der Waals surface area contributed by atoms with Gasteiger partial charge in [0.1, 0.15) is 5.69 Å². The average molecular weight is 283 g/mol. The van der Waals surface area contributed by atoms with Crippen LogP contribution in [0.15, 0.2) is 35.8 Å². The maximum atomic E-state index is 12.6. The van der Waals surface area contributed by atoms with Crippen LogP contribution >= 0.6 is 11.3 Å². The number of H-pyrrole nitrogens is 1. The third kappa shape index (κ3) is 1.82. The number of fused-ring (bicyclic) bond motifs is 2. The first kappa shape index (κ1) is 11.7. The molecule has 5 heteroatoms. The zero-order valence-electron chi connectivity index (χ0n) is 10.8. The third-order valence-corrected chi connectivity index (χ3v) is 4.59. The summed E-state index contributed by atoms with van der Waals surface area (Å²) in [6.07, 6.45) is 0.852. The van der Waals surface area contributed by atoms with E-state index in [1.165, 1.54) is 4.88 Å². The molecule has 20 heavy (non-hydrogen) atoms. The minimum absolute atomic E-state index is 0.0697. The number of aromatic nitrogens is 2. The minimum Gasteiger partial charge on any atom is -0.351 e. The van der Waals surface area contributed by atoms with Crippen LogP contribution in [0.1, 0.15) is 21.1 Å². The molecule has 0 spiro atoms. The highest BCUT2D eigenvalue weighted by atomic mass is 32.1. The van der Waals surface area contributed by atoms with E-state index in [9.17, 15) is 4.79 Å². The van der Waals surface area contributed by atoms with Crippen molar-refractivity contribution in [1.29, 1.82) is 0 Å². The smallest absolute Gasteiger partial charge is 0.270 e. The van der Waals surface area contributed by atoms with Gasteiger partial charge in [-0.15, -0.1) is 11.3 Å². The number of benzene rings is 1. The molecule has 3 heterocycles. The Kier molecular flexibility index (Phi) is 2.60. The van der Waals surface area contributed by atoms with Crippen molar-refractivity contribution >= 4 is 28.1 Å². The van der Waals surface area contributed by atoms with Crippen molar-refractivity contribution in [1.82, 2.24) is 14.9 Å². The van der Waals surface area contributed by atoms with E-state index in [1.807, 2.05) is 40.7 Å². The maximum Gasteiger partial charge on any atom is 0.270 e. The van der Waals surface area contributed by atoms with Crippen molar-refractivity contribution in [2.45, 2.75) is 13.0 Å². The monoisotopic (exact) mass is 283 g/mol. The van der Waals surface area contributed by atoms with Crippen molar-refractivity contribution in [3.8, 4) is 0 Å². The van der Waals surface area contributed by atoms with Crippen LogP contribution in [-0.2, 0) is 13.0 Å². The van der Waals surface area contributed by atoms with Crippen LogP contribution < -0.4 is 0 Å². The summed E-state index contributed by atoms with van der Waals surface area (Å²) in [5.74, 6) is 0.0697. The van der Waals surface area contributed by atoms with E-state index in [4.69, 9.17) is 0 Å². The highest BCUT2D eigenvalue weighted by Crippen LogP contribution is 2.23. The number of hydrogen-bond acceptors (Lipinski definition) is 3. The largest absolute Gasteiger partial charge is 0.351 e. The maximum absolute atomic E-state index is 12.6. The molecule has 0 aliphatic carbocycles. The number of hydrogen-bond donors (Lipinski definition) is 1. The van der Waals surface area contributed by atoms with Gasteiger partial charge >= 0.3 is 0 Å². The molecule has 0 unspecified atom stereocenters. The topological polar surface area (TPSA) is 49.0 Å². The Hall–Kier alpha value is -2.14. The number of nitrogens with one attached hydrogen (secondary N) is 1. The molecule has 0 radical (unpaired) electrons. The molecular weight excluding hydrogens is 270 g/mol. The van der Waals surface area contributed by atoms with Gasteiger partial charge in [0.15, 0.2) is 0 Å². The number of nitrogens with zero attached hydrogens (tertiary/aromatic N) is 2. The van der Waals surface area contributed by atoms with Gasteiger partial charge in [-0.05, 0) is 12.1 Å². The molecule has 1 aliphatic heterocycles. The Balaban J connectivity index is 1.64. The van der Waals surface area contributed by atoms with Gasteiger partial charge in [-0.1, -0.05) is 18.2 Å². The van der Waals surface area contributed by atoms with Crippen LogP contribution in [0.2, 0.25) is 0 Å². The normalized spacial score (nSPS) is 14.5. The number of para-hydroxylation sites is 1. The van der Waals surface area contributed by atoms with E-state index in [1.54, 1.807) is 11.3 Å². The van der Waals surface area contributed by atoms with Crippen LogP contribution in [0.25, 0.3) is 10.9 Å². The molecule has 0 fully saturated rings. The van der Waals surface area contributed by atoms with Gasteiger partial charge in [-0.3, -0.25) is 4.79 Å². The molecule has 1 N–H and O–H groups in total. The third-order valence-electron chi connectivity index (χ3n) is 3.73. The molecule has 4 nitrogen and oxygen atoms in total. The summed E-state index contributed by atoms with van der Waals surface area (Å²) in [7, 11) is 0. The van der Waals surface area contributed by atoms with Crippen LogP contribution in [0.5, 0.6) is 0 Å². The second-order valence-corrected chi connectivity index (χ2v) is 5.91. The molecule has 0 saturated carbocycles. The van der Waals surface area contributed by atoms with Crippen molar-refractivity contribution in [2.75, 3.05) is 6.54 Å². The van der Waals surface area contributed by atoms with Crippen molar-refractivity contribution < 1.29 is 4.79 Å². The lowest BCUT2D eigenvalue weighted by atomic mass is 10.1. The van der Waals surface area contributed by atoms with E-state index in [0.29, 0.717) is 12.2 Å². The van der Waals surface area contributed by atoms with E-state index in [2.05, 4.69) is 9.97 Å². The lowest BCUT2D eigenvalue weighted by molar-refractivity contribution is 0.0731. The molecule has 2 aromatic heterocycles. The summed E-state index contributed by atoms with van der Waals surface area (Å²) in [4.78, 5) is 23.2. The fourth-order valence-electron chi connectivity index (χ4n) is 2.65. The Morgan fingerprint density at radius 3 is 3.15 bits per heavy atom. The number of carbonyl (C=O) groups is 1. The Morgan fingerprint density at radius 1 is 1.35 bits per heavy atom. The predicted octanol–water partition coefficient (Wildman–Crippen LogP) is 2.82. The lowest BCUT2D eigenvalue weighted by Crippen LogP contribution is -2.35. The molecule has 1 aromatic carbocycles. The fraction of sp³-hybridized carbons (Fsp3) is 0.200. The first-order chi connectivity index (χ1) is 9.81. The molecule has 100 valence electrons. The summed E-state index contributed by atoms with van der Waals surface area (Å²) >= 11 is 1.63. The minimum atomic E-state index is 0.0697. The number of amides is 1. The van der Waals surface area contributed by atoms with Crippen molar-refractivity contribution in [3.63, 3.8) is 0 Å².